The molecule has 0 fully saturated rings. The number of nitrogens with one attached hydrogen (secondary N) is 1. The molecule has 10 heteroatoms. The Morgan fingerprint density at radius 1 is 1.31 bits per heavy atom. The molecule has 0 spiro atoms. The average Bonchev–Trinajstić information content (AvgIpc) is 3.25. The molecule has 0 radical (unpaired) electrons. The smallest absolute Gasteiger partial charge is 0.271 e. The van der Waals surface area contributed by atoms with Crippen molar-refractivity contribution in [2.24, 2.45) is 0 Å². The summed E-state index contributed by atoms with van der Waals surface area (Å²) in [5.41, 5.74) is 3.88. The van der Waals surface area contributed by atoms with Crippen molar-refractivity contribution in [2.75, 3.05) is 23.4 Å². The Balaban J connectivity index is 1.56. The molecular weight excluding hydrogens is 396 g/mol. The largest absolute Gasteiger partial charge is 0.482 e. The number of nitrogens with zero attached hydrogens (tertiary/aromatic N) is 3. The standard InChI is InChI=1S/C19H14N4O5S/c24-18(21-13-2-1-3-14(7-13)23(26)27)8-22-16-6-12(15-10-29-11-20-15)4-5-17(16)28-9-19(22)25/h1-7,10-11H,8-9H2,(H,21,24). The van der Waals surface area contributed by atoms with Gasteiger partial charge in [0.05, 0.1) is 21.8 Å². The van der Waals surface area contributed by atoms with Crippen molar-refractivity contribution < 1.29 is 19.2 Å². The summed E-state index contributed by atoms with van der Waals surface area (Å²) >= 11 is 1.45. The minimum atomic E-state index is -0.544. The van der Waals surface area contributed by atoms with Crippen LogP contribution in [0.25, 0.3) is 11.3 Å². The van der Waals surface area contributed by atoms with E-state index in [1.807, 2.05) is 11.4 Å². The van der Waals surface area contributed by atoms with E-state index >= 15 is 0 Å². The van der Waals surface area contributed by atoms with Gasteiger partial charge in [-0.05, 0) is 24.3 Å². The monoisotopic (exact) mass is 410 g/mol. The second kappa shape index (κ2) is 7.68. The van der Waals surface area contributed by atoms with Crippen LogP contribution in [-0.2, 0) is 9.59 Å². The van der Waals surface area contributed by atoms with Gasteiger partial charge in [0.2, 0.25) is 5.91 Å². The zero-order chi connectivity index (χ0) is 20.4. The van der Waals surface area contributed by atoms with Crippen molar-refractivity contribution in [3.05, 3.63) is 63.5 Å². The van der Waals surface area contributed by atoms with Crippen LogP contribution in [0.3, 0.4) is 0 Å². The van der Waals surface area contributed by atoms with Gasteiger partial charge in [0.15, 0.2) is 6.61 Å². The number of non-ortho nitro benzene ring substituents is 1. The molecule has 2 aromatic carbocycles. The summed E-state index contributed by atoms with van der Waals surface area (Å²) in [6, 6.07) is 10.9. The first-order valence-corrected chi connectivity index (χ1v) is 9.45. The van der Waals surface area contributed by atoms with Crippen LogP contribution >= 0.6 is 11.3 Å². The lowest BCUT2D eigenvalue weighted by Crippen LogP contribution is -2.43. The van der Waals surface area contributed by atoms with Gasteiger partial charge in [0, 0.05) is 28.8 Å². The fourth-order valence-corrected chi connectivity index (χ4v) is 3.49. The van der Waals surface area contributed by atoms with Crippen LogP contribution < -0.4 is 15.0 Å². The van der Waals surface area contributed by atoms with Gasteiger partial charge in [-0.2, -0.15) is 0 Å². The molecular formula is C19H14N4O5S. The highest BCUT2D eigenvalue weighted by Gasteiger charge is 2.28. The van der Waals surface area contributed by atoms with Gasteiger partial charge in [-0.1, -0.05) is 6.07 Å². The van der Waals surface area contributed by atoms with Crippen molar-refractivity contribution in [3.63, 3.8) is 0 Å². The number of anilines is 2. The topological polar surface area (TPSA) is 115 Å². The minimum absolute atomic E-state index is 0.136. The number of hydrogen-bond acceptors (Lipinski definition) is 7. The van der Waals surface area contributed by atoms with Gasteiger partial charge in [0.1, 0.15) is 12.3 Å². The highest BCUT2D eigenvalue weighted by atomic mass is 32.1. The van der Waals surface area contributed by atoms with Crippen LogP contribution in [0, 0.1) is 10.1 Å². The molecule has 4 rings (SSSR count). The zero-order valence-corrected chi connectivity index (χ0v) is 15.7. The third-order valence-corrected chi connectivity index (χ3v) is 4.86. The van der Waals surface area contributed by atoms with E-state index in [-0.39, 0.29) is 30.4 Å². The van der Waals surface area contributed by atoms with Crippen molar-refractivity contribution in [1.29, 1.82) is 0 Å². The molecule has 0 saturated carbocycles. The Hall–Kier alpha value is -3.79. The number of nitro groups is 1. The number of fused-ring (bicyclic) bond motifs is 1. The number of aromatic nitrogens is 1. The summed E-state index contributed by atoms with van der Waals surface area (Å²) in [6.45, 7) is -0.425. The summed E-state index contributed by atoms with van der Waals surface area (Å²) in [7, 11) is 0. The Morgan fingerprint density at radius 2 is 2.17 bits per heavy atom. The number of nitro benzene ring substituents is 1. The molecule has 1 aliphatic heterocycles. The molecule has 0 unspecified atom stereocenters. The van der Waals surface area contributed by atoms with Crippen LogP contribution in [0.15, 0.2) is 53.4 Å². The fraction of sp³-hybridized carbons (Fsp3) is 0.105. The number of amides is 2. The summed E-state index contributed by atoms with van der Waals surface area (Å²) in [5.74, 6) is -0.348. The summed E-state index contributed by atoms with van der Waals surface area (Å²) in [6.07, 6.45) is 0. The number of carbonyl (C=O) groups excluding carboxylic acids is 2. The number of ether oxygens (including phenoxy) is 1. The molecule has 0 saturated heterocycles. The van der Waals surface area contributed by atoms with Gasteiger partial charge in [-0.25, -0.2) is 4.98 Å². The van der Waals surface area contributed by atoms with Crippen LogP contribution in [0.2, 0.25) is 0 Å². The van der Waals surface area contributed by atoms with Gasteiger partial charge in [0.25, 0.3) is 11.6 Å². The van der Waals surface area contributed by atoms with Gasteiger partial charge in [-0.3, -0.25) is 24.6 Å². The third-order valence-electron chi connectivity index (χ3n) is 4.27. The van der Waals surface area contributed by atoms with Crippen LogP contribution in [0.5, 0.6) is 5.75 Å². The Bertz CT molecular complexity index is 1100. The Morgan fingerprint density at radius 3 is 2.93 bits per heavy atom. The SMILES string of the molecule is O=C(CN1C(=O)COc2ccc(-c3cscn3)cc21)Nc1cccc([N+](=O)[O-])c1. The molecule has 9 nitrogen and oxygen atoms in total. The van der Waals surface area contributed by atoms with Crippen LogP contribution in [0.1, 0.15) is 0 Å². The van der Waals surface area contributed by atoms with E-state index in [2.05, 4.69) is 10.3 Å². The van der Waals surface area contributed by atoms with E-state index in [4.69, 9.17) is 4.74 Å². The van der Waals surface area contributed by atoms with E-state index in [0.29, 0.717) is 11.4 Å². The second-order valence-corrected chi connectivity index (χ2v) is 6.90. The number of thiazole rings is 1. The van der Waals surface area contributed by atoms with E-state index in [1.165, 1.54) is 34.4 Å². The van der Waals surface area contributed by atoms with Crippen molar-refractivity contribution >= 4 is 40.2 Å². The van der Waals surface area contributed by atoms with Crippen LogP contribution in [-0.4, -0.2) is 34.9 Å². The first-order valence-electron chi connectivity index (χ1n) is 8.51. The number of carbonyl (C=O) groups is 2. The molecule has 2 heterocycles. The Kier molecular flexibility index (Phi) is 4.92. The zero-order valence-electron chi connectivity index (χ0n) is 14.9. The quantitative estimate of drug-likeness (QED) is 0.511. The average molecular weight is 410 g/mol. The van der Waals surface area contributed by atoms with E-state index in [0.717, 1.165) is 11.3 Å². The molecule has 146 valence electrons. The lowest BCUT2D eigenvalue weighted by molar-refractivity contribution is -0.384. The van der Waals surface area contributed by atoms with Gasteiger partial charge < -0.3 is 10.1 Å². The lowest BCUT2D eigenvalue weighted by Gasteiger charge is -2.29. The fourth-order valence-electron chi connectivity index (χ4n) is 2.93. The predicted molar refractivity (Wildman–Crippen MR) is 107 cm³/mol. The molecule has 0 aliphatic carbocycles. The van der Waals surface area contributed by atoms with Crippen molar-refractivity contribution in [3.8, 4) is 17.0 Å². The van der Waals surface area contributed by atoms with Gasteiger partial charge in [-0.15, -0.1) is 11.3 Å². The van der Waals surface area contributed by atoms with Crippen LogP contribution in [0.4, 0.5) is 17.1 Å². The third kappa shape index (κ3) is 3.92. The first kappa shape index (κ1) is 18.6. The second-order valence-electron chi connectivity index (χ2n) is 6.18. The maximum Gasteiger partial charge on any atom is 0.271 e. The molecule has 29 heavy (non-hydrogen) atoms. The normalized spacial score (nSPS) is 12.8. The summed E-state index contributed by atoms with van der Waals surface area (Å²) in [4.78, 5) is 40.8. The maximum absolute atomic E-state index is 12.5. The molecule has 3 aromatic rings. The number of benzene rings is 2. The van der Waals surface area contributed by atoms with Crippen molar-refractivity contribution in [2.45, 2.75) is 0 Å². The maximum atomic E-state index is 12.5. The van der Waals surface area contributed by atoms with Gasteiger partial charge >= 0.3 is 0 Å². The summed E-state index contributed by atoms with van der Waals surface area (Å²) in [5, 5.41) is 15.4. The molecule has 0 atom stereocenters. The number of rotatable bonds is 5. The molecule has 1 aliphatic rings. The highest BCUT2D eigenvalue weighted by Crippen LogP contribution is 2.36. The molecule has 0 bridgehead atoms. The van der Waals surface area contributed by atoms with Crippen molar-refractivity contribution in [1.82, 2.24) is 4.98 Å². The highest BCUT2D eigenvalue weighted by molar-refractivity contribution is 7.07. The molecule has 1 aromatic heterocycles. The Labute approximate surface area is 168 Å². The first-order chi connectivity index (χ1) is 14.0. The summed E-state index contributed by atoms with van der Waals surface area (Å²) < 4.78 is 5.46. The van der Waals surface area contributed by atoms with E-state index in [1.54, 1.807) is 23.7 Å². The molecule has 1 N–H and O–H groups in total. The predicted octanol–water partition coefficient (Wildman–Crippen LogP) is 3.08. The number of hydrogen-bond donors (Lipinski definition) is 1. The minimum Gasteiger partial charge on any atom is -0.482 e. The van der Waals surface area contributed by atoms with E-state index < -0.39 is 10.8 Å². The van der Waals surface area contributed by atoms with E-state index in [9.17, 15) is 19.7 Å². The molecule has 2 amide bonds. The lowest BCUT2D eigenvalue weighted by atomic mass is 10.1.